The van der Waals surface area contributed by atoms with E-state index in [9.17, 15) is 4.79 Å². The lowest BCUT2D eigenvalue weighted by molar-refractivity contribution is 0.152. The van der Waals surface area contributed by atoms with Gasteiger partial charge >= 0.3 is 6.09 Å². The van der Waals surface area contributed by atoms with Crippen LogP contribution in [0.2, 0.25) is 0 Å². The molecule has 0 atom stereocenters. The van der Waals surface area contributed by atoms with Gasteiger partial charge in [0.15, 0.2) is 11.6 Å². The van der Waals surface area contributed by atoms with Crippen LogP contribution in [0.1, 0.15) is 41.5 Å². The number of nitrogens with zero attached hydrogens (tertiary/aromatic N) is 4. The first-order valence-corrected chi connectivity index (χ1v) is 11.8. The van der Waals surface area contributed by atoms with Gasteiger partial charge in [-0.1, -0.05) is 18.2 Å². The molecule has 0 spiro atoms. The third kappa shape index (κ3) is 5.40. The molecule has 2 fully saturated rings. The number of hydrazone groups is 1. The van der Waals surface area contributed by atoms with Gasteiger partial charge in [-0.25, -0.2) is 9.18 Å². The Morgan fingerprint density at radius 3 is 2.68 bits per heavy atom. The highest BCUT2D eigenvalue weighted by Crippen LogP contribution is 2.34. The third-order valence-electron chi connectivity index (χ3n) is 6.34. The molecule has 2 aromatic rings. The lowest BCUT2D eigenvalue weighted by Gasteiger charge is -2.29. The maximum absolute atomic E-state index is 15.6. The van der Waals surface area contributed by atoms with Gasteiger partial charge in [0.2, 0.25) is 5.88 Å². The van der Waals surface area contributed by atoms with E-state index in [1.807, 2.05) is 30.0 Å². The van der Waals surface area contributed by atoms with Gasteiger partial charge in [-0.05, 0) is 56.7 Å². The van der Waals surface area contributed by atoms with Gasteiger partial charge in [-0.3, -0.25) is 5.43 Å². The number of aromatic nitrogens is 1. The summed E-state index contributed by atoms with van der Waals surface area (Å²) >= 11 is 0. The van der Waals surface area contributed by atoms with Crippen molar-refractivity contribution >= 4 is 23.8 Å². The SMILES string of the molecule is Cc1ccc(/C=N/Nc2c(C)c(OCCN3CCOC3=O)nc(N3CCCCC3)c2F)cc1C. The molecule has 4 rings (SSSR count). The van der Waals surface area contributed by atoms with Crippen molar-refractivity contribution in [2.75, 3.05) is 49.7 Å². The number of aryl methyl sites for hydroxylation is 2. The van der Waals surface area contributed by atoms with E-state index in [0.717, 1.165) is 37.9 Å². The molecule has 0 saturated carbocycles. The number of ether oxygens (including phenoxy) is 2. The van der Waals surface area contributed by atoms with Crippen molar-refractivity contribution in [2.45, 2.75) is 40.0 Å². The highest BCUT2D eigenvalue weighted by atomic mass is 19.1. The number of cyclic esters (lactones) is 1. The fraction of sp³-hybridized carbons (Fsp3) is 0.480. The average molecular weight is 470 g/mol. The predicted molar refractivity (Wildman–Crippen MR) is 131 cm³/mol. The monoisotopic (exact) mass is 469 g/mol. The topological polar surface area (TPSA) is 79.3 Å². The van der Waals surface area contributed by atoms with Gasteiger partial charge in [0.25, 0.3) is 0 Å². The van der Waals surface area contributed by atoms with Crippen LogP contribution in [-0.4, -0.2) is 61.6 Å². The number of anilines is 2. The number of benzene rings is 1. The lowest BCUT2D eigenvalue weighted by atomic mass is 10.1. The second kappa shape index (κ2) is 10.7. The fourth-order valence-corrected chi connectivity index (χ4v) is 4.10. The maximum atomic E-state index is 15.6. The van der Waals surface area contributed by atoms with E-state index < -0.39 is 5.82 Å². The summed E-state index contributed by atoms with van der Waals surface area (Å²) in [6.07, 6.45) is 4.45. The summed E-state index contributed by atoms with van der Waals surface area (Å²) in [4.78, 5) is 19.7. The van der Waals surface area contributed by atoms with Crippen LogP contribution in [0.15, 0.2) is 23.3 Å². The summed E-state index contributed by atoms with van der Waals surface area (Å²) in [7, 11) is 0. The zero-order valence-electron chi connectivity index (χ0n) is 20.1. The molecule has 8 nitrogen and oxygen atoms in total. The van der Waals surface area contributed by atoms with E-state index in [1.165, 1.54) is 11.1 Å². The van der Waals surface area contributed by atoms with E-state index in [1.54, 1.807) is 18.0 Å². The minimum Gasteiger partial charge on any atom is -0.475 e. The molecule has 0 radical (unpaired) electrons. The molecule has 182 valence electrons. The molecule has 34 heavy (non-hydrogen) atoms. The molecule has 0 aliphatic carbocycles. The number of pyridine rings is 1. The van der Waals surface area contributed by atoms with Gasteiger partial charge in [-0.2, -0.15) is 10.1 Å². The smallest absolute Gasteiger partial charge is 0.410 e. The summed E-state index contributed by atoms with van der Waals surface area (Å²) in [6.45, 7) is 8.89. The van der Waals surface area contributed by atoms with Crippen molar-refractivity contribution in [1.82, 2.24) is 9.88 Å². The second-order valence-electron chi connectivity index (χ2n) is 8.77. The van der Waals surface area contributed by atoms with Crippen molar-refractivity contribution in [3.05, 3.63) is 46.3 Å². The molecule has 3 heterocycles. The van der Waals surface area contributed by atoms with E-state index in [4.69, 9.17) is 9.47 Å². The van der Waals surface area contributed by atoms with E-state index >= 15 is 4.39 Å². The zero-order valence-corrected chi connectivity index (χ0v) is 20.1. The number of halogens is 1. The Balaban J connectivity index is 1.56. The predicted octanol–water partition coefficient (Wildman–Crippen LogP) is 4.41. The number of amides is 1. The van der Waals surface area contributed by atoms with Gasteiger partial charge in [0.1, 0.15) is 18.9 Å². The fourth-order valence-electron chi connectivity index (χ4n) is 4.10. The molecule has 1 N–H and O–H groups in total. The number of piperidine rings is 1. The van der Waals surface area contributed by atoms with E-state index in [-0.39, 0.29) is 24.2 Å². The van der Waals surface area contributed by atoms with Crippen molar-refractivity contribution < 1.29 is 18.7 Å². The molecule has 2 saturated heterocycles. The molecule has 2 aliphatic heterocycles. The lowest BCUT2D eigenvalue weighted by Crippen LogP contribution is -2.32. The minimum absolute atomic E-state index is 0.235. The standard InChI is InChI=1S/C25H32FN5O3/c1-17-7-8-20(15-18(17)2)16-27-29-22-19(3)24(33-13-11-31-12-14-34-25(31)32)28-23(21(22)26)30-9-5-4-6-10-30/h7-8,15-16H,4-6,9-14H2,1-3H3,(H,28,29)/b27-16+. The van der Waals surface area contributed by atoms with Crippen LogP contribution < -0.4 is 15.1 Å². The highest BCUT2D eigenvalue weighted by molar-refractivity contribution is 5.81. The molecular formula is C25H32FN5O3. The average Bonchev–Trinajstić information content (AvgIpc) is 3.25. The van der Waals surface area contributed by atoms with Crippen LogP contribution in [-0.2, 0) is 4.74 Å². The van der Waals surface area contributed by atoms with Crippen LogP contribution in [0.25, 0.3) is 0 Å². The summed E-state index contributed by atoms with van der Waals surface area (Å²) in [5.74, 6) is 0.162. The Morgan fingerprint density at radius 2 is 1.97 bits per heavy atom. The van der Waals surface area contributed by atoms with Crippen LogP contribution >= 0.6 is 0 Å². The molecule has 9 heteroatoms. The van der Waals surface area contributed by atoms with E-state index in [0.29, 0.717) is 31.1 Å². The third-order valence-corrected chi connectivity index (χ3v) is 6.34. The first-order chi connectivity index (χ1) is 16.4. The first kappa shape index (κ1) is 23.8. The van der Waals surface area contributed by atoms with Crippen LogP contribution in [0.3, 0.4) is 0 Å². The molecule has 1 aromatic heterocycles. The van der Waals surface area contributed by atoms with Gasteiger partial charge in [0, 0.05) is 18.7 Å². The number of hydrogen-bond acceptors (Lipinski definition) is 7. The second-order valence-corrected chi connectivity index (χ2v) is 8.77. The van der Waals surface area contributed by atoms with Crippen LogP contribution in [0, 0.1) is 26.6 Å². The number of rotatable bonds is 8. The van der Waals surface area contributed by atoms with Crippen molar-refractivity contribution in [1.29, 1.82) is 0 Å². The Bertz CT molecular complexity index is 1070. The molecular weight excluding hydrogens is 437 g/mol. The maximum Gasteiger partial charge on any atom is 0.410 e. The van der Waals surface area contributed by atoms with Crippen molar-refractivity contribution in [3.8, 4) is 5.88 Å². The summed E-state index contributed by atoms with van der Waals surface area (Å²) in [6, 6.07) is 6.04. The Labute approximate surface area is 199 Å². The molecule has 0 bridgehead atoms. The van der Waals surface area contributed by atoms with Gasteiger partial charge < -0.3 is 19.3 Å². The minimum atomic E-state index is -0.438. The first-order valence-electron chi connectivity index (χ1n) is 11.8. The number of carbonyl (C=O) groups excluding carboxylic acids is 1. The summed E-state index contributed by atoms with van der Waals surface area (Å²) in [5.41, 5.74) is 6.95. The Kier molecular flexibility index (Phi) is 7.49. The quantitative estimate of drug-likeness (QED) is 0.456. The molecule has 2 aliphatic rings. The highest BCUT2D eigenvalue weighted by Gasteiger charge is 2.25. The van der Waals surface area contributed by atoms with Crippen LogP contribution in [0.4, 0.5) is 20.7 Å². The van der Waals surface area contributed by atoms with Gasteiger partial charge in [-0.15, -0.1) is 0 Å². The molecule has 1 amide bonds. The Morgan fingerprint density at radius 1 is 1.18 bits per heavy atom. The summed E-state index contributed by atoms with van der Waals surface area (Å²) in [5, 5.41) is 4.30. The largest absolute Gasteiger partial charge is 0.475 e. The number of hydrogen-bond donors (Lipinski definition) is 1. The van der Waals surface area contributed by atoms with E-state index in [2.05, 4.69) is 22.4 Å². The van der Waals surface area contributed by atoms with Crippen molar-refractivity contribution in [3.63, 3.8) is 0 Å². The van der Waals surface area contributed by atoms with Crippen molar-refractivity contribution in [2.24, 2.45) is 5.10 Å². The zero-order chi connectivity index (χ0) is 24.1. The normalized spacial score (nSPS) is 16.3. The van der Waals surface area contributed by atoms with Crippen LogP contribution in [0.5, 0.6) is 5.88 Å². The number of nitrogens with one attached hydrogen (secondary N) is 1. The molecule has 0 unspecified atom stereocenters. The van der Waals surface area contributed by atoms with Gasteiger partial charge in [0.05, 0.1) is 19.3 Å². The Hall–Kier alpha value is -3.36. The summed E-state index contributed by atoms with van der Waals surface area (Å²) < 4.78 is 26.5. The molecule has 1 aromatic carbocycles. The number of carbonyl (C=O) groups is 1.